The van der Waals surface area contributed by atoms with Gasteiger partial charge in [-0.3, -0.25) is 14.3 Å². The zero-order valence-electron chi connectivity index (χ0n) is 14.9. The molecule has 4 rings (SSSR count). The van der Waals surface area contributed by atoms with E-state index in [2.05, 4.69) is 10.4 Å². The molecule has 0 radical (unpaired) electrons. The number of ether oxygens (including phenoxy) is 1. The normalized spacial score (nSPS) is 19.2. The van der Waals surface area contributed by atoms with Crippen LogP contribution in [0.4, 0.5) is 5.69 Å². The highest BCUT2D eigenvalue weighted by atomic mass is 16.5. The van der Waals surface area contributed by atoms with Crippen molar-refractivity contribution in [3.05, 3.63) is 41.7 Å². The van der Waals surface area contributed by atoms with E-state index < -0.39 is 0 Å². The largest absolute Gasteiger partial charge is 0.482 e. The van der Waals surface area contributed by atoms with Gasteiger partial charge in [-0.05, 0) is 37.1 Å². The summed E-state index contributed by atoms with van der Waals surface area (Å²) in [5.74, 6) is 0.478. The summed E-state index contributed by atoms with van der Waals surface area (Å²) in [6.45, 7) is 1.82. The van der Waals surface area contributed by atoms with Gasteiger partial charge in [-0.15, -0.1) is 0 Å². The lowest BCUT2D eigenvalue weighted by Gasteiger charge is -2.32. The molecular formula is C19H22N4O4. The van der Waals surface area contributed by atoms with Crippen LogP contribution in [0.2, 0.25) is 0 Å². The topological polar surface area (TPSA) is 96.7 Å². The van der Waals surface area contributed by atoms with Gasteiger partial charge in [0.2, 0.25) is 0 Å². The van der Waals surface area contributed by atoms with Gasteiger partial charge in [-0.1, -0.05) is 0 Å². The summed E-state index contributed by atoms with van der Waals surface area (Å²) in [7, 11) is 0. The molecular weight excluding hydrogens is 348 g/mol. The van der Waals surface area contributed by atoms with Crippen LogP contribution in [-0.4, -0.2) is 57.9 Å². The molecule has 1 fully saturated rings. The first-order chi connectivity index (χ1) is 13.1. The van der Waals surface area contributed by atoms with Crippen LogP contribution in [0.3, 0.4) is 0 Å². The van der Waals surface area contributed by atoms with E-state index in [1.165, 1.54) is 0 Å². The second-order valence-electron chi connectivity index (χ2n) is 6.87. The number of aliphatic hydroxyl groups is 1. The van der Waals surface area contributed by atoms with Crippen LogP contribution in [0.5, 0.6) is 5.75 Å². The summed E-state index contributed by atoms with van der Waals surface area (Å²) in [5, 5.41) is 16.3. The van der Waals surface area contributed by atoms with Crippen LogP contribution in [0, 0.1) is 0 Å². The SMILES string of the molecule is O=C1COc2cc(C(=O)N3CCC[C@@H](c4ccn(CCO)n4)C3)ccc2N1. The molecule has 1 saturated heterocycles. The van der Waals surface area contributed by atoms with Crippen LogP contribution in [0.15, 0.2) is 30.5 Å². The van der Waals surface area contributed by atoms with Crippen LogP contribution < -0.4 is 10.1 Å². The number of piperidine rings is 1. The maximum absolute atomic E-state index is 13.0. The average molecular weight is 370 g/mol. The van der Waals surface area contributed by atoms with E-state index >= 15 is 0 Å². The number of nitrogens with one attached hydrogen (secondary N) is 1. The molecule has 27 heavy (non-hydrogen) atoms. The Bertz CT molecular complexity index is 863. The quantitative estimate of drug-likeness (QED) is 0.844. The van der Waals surface area contributed by atoms with Gasteiger partial charge in [-0.25, -0.2) is 0 Å². The summed E-state index contributed by atoms with van der Waals surface area (Å²) in [6, 6.07) is 7.08. The van der Waals surface area contributed by atoms with Gasteiger partial charge in [0.15, 0.2) is 6.61 Å². The molecule has 0 unspecified atom stereocenters. The summed E-state index contributed by atoms with van der Waals surface area (Å²) >= 11 is 0. The fraction of sp³-hybridized carbons (Fsp3) is 0.421. The molecule has 8 nitrogen and oxygen atoms in total. The van der Waals surface area contributed by atoms with Crippen molar-refractivity contribution in [2.45, 2.75) is 25.3 Å². The minimum atomic E-state index is -0.193. The Hall–Kier alpha value is -2.87. The molecule has 2 amide bonds. The van der Waals surface area contributed by atoms with Crippen molar-refractivity contribution in [3.8, 4) is 5.75 Å². The third kappa shape index (κ3) is 3.66. The van der Waals surface area contributed by atoms with E-state index in [9.17, 15) is 9.59 Å². The third-order valence-corrected chi connectivity index (χ3v) is 4.98. The lowest BCUT2D eigenvalue weighted by Crippen LogP contribution is -2.39. The first-order valence-corrected chi connectivity index (χ1v) is 9.14. The minimum absolute atomic E-state index is 0.0348. The lowest BCUT2D eigenvalue weighted by atomic mass is 9.94. The third-order valence-electron chi connectivity index (χ3n) is 4.98. The summed E-state index contributed by atoms with van der Waals surface area (Å²) < 4.78 is 7.14. The minimum Gasteiger partial charge on any atom is -0.482 e. The number of amides is 2. The average Bonchev–Trinajstić information content (AvgIpc) is 3.16. The number of aliphatic hydroxyl groups excluding tert-OH is 1. The number of anilines is 1. The molecule has 0 aliphatic carbocycles. The first-order valence-electron chi connectivity index (χ1n) is 9.14. The predicted octanol–water partition coefficient (Wildman–Crippen LogP) is 1.23. The van der Waals surface area contributed by atoms with Crippen molar-refractivity contribution in [3.63, 3.8) is 0 Å². The first kappa shape index (κ1) is 17.5. The number of hydrogen-bond acceptors (Lipinski definition) is 5. The van der Waals surface area contributed by atoms with E-state index in [0.717, 1.165) is 18.5 Å². The Morgan fingerprint density at radius 3 is 3.11 bits per heavy atom. The van der Waals surface area contributed by atoms with Gasteiger partial charge in [0.05, 0.1) is 24.5 Å². The maximum atomic E-state index is 13.0. The number of benzene rings is 1. The molecule has 1 atom stereocenters. The van der Waals surface area contributed by atoms with Gasteiger partial charge in [-0.2, -0.15) is 5.10 Å². The van der Waals surface area contributed by atoms with Crippen molar-refractivity contribution in [2.75, 3.05) is 31.6 Å². The standard InChI is InChI=1S/C19H22N4O4/c24-9-8-23-7-5-15(21-23)14-2-1-6-22(11-14)19(26)13-3-4-16-17(10-13)27-12-18(25)20-16/h3-5,7,10,14,24H,1-2,6,8-9,11-12H2,(H,20,25)/t14-/m1/s1. The number of nitrogens with zero attached hydrogens (tertiary/aromatic N) is 3. The monoisotopic (exact) mass is 370 g/mol. The van der Waals surface area contributed by atoms with Gasteiger partial charge in [0, 0.05) is 30.8 Å². The zero-order valence-corrected chi connectivity index (χ0v) is 14.9. The molecule has 0 spiro atoms. The predicted molar refractivity (Wildman–Crippen MR) is 97.8 cm³/mol. The molecule has 2 aliphatic rings. The molecule has 0 bridgehead atoms. The van der Waals surface area contributed by atoms with Gasteiger partial charge < -0.3 is 20.1 Å². The van der Waals surface area contributed by atoms with E-state index in [0.29, 0.717) is 36.6 Å². The van der Waals surface area contributed by atoms with Crippen molar-refractivity contribution < 1.29 is 19.4 Å². The van der Waals surface area contributed by atoms with Crippen LogP contribution >= 0.6 is 0 Å². The molecule has 0 saturated carbocycles. The number of rotatable bonds is 4. The maximum Gasteiger partial charge on any atom is 0.262 e. The fourth-order valence-corrected chi connectivity index (χ4v) is 3.62. The Kier molecular flexibility index (Phi) is 4.81. The van der Waals surface area contributed by atoms with Crippen molar-refractivity contribution >= 4 is 17.5 Å². The van der Waals surface area contributed by atoms with Crippen LogP contribution in [-0.2, 0) is 11.3 Å². The van der Waals surface area contributed by atoms with Gasteiger partial charge >= 0.3 is 0 Å². The highest BCUT2D eigenvalue weighted by Gasteiger charge is 2.28. The van der Waals surface area contributed by atoms with Crippen molar-refractivity contribution in [1.29, 1.82) is 0 Å². The molecule has 8 heteroatoms. The molecule has 1 aromatic carbocycles. The van der Waals surface area contributed by atoms with E-state index in [1.807, 2.05) is 17.2 Å². The number of hydrogen-bond donors (Lipinski definition) is 2. The summed E-state index contributed by atoms with van der Waals surface area (Å²) in [6.07, 6.45) is 3.77. The number of likely N-dealkylation sites (tertiary alicyclic amines) is 1. The fourth-order valence-electron chi connectivity index (χ4n) is 3.62. The summed E-state index contributed by atoms with van der Waals surface area (Å²) in [4.78, 5) is 26.2. The Balaban J connectivity index is 1.47. The second kappa shape index (κ2) is 7.40. The molecule has 3 heterocycles. The van der Waals surface area contributed by atoms with E-state index in [1.54, 1.807) is 22.9 Å². The molecule has 2 aliphatic heterocycles. The van der Waals surface area contributed by atoms with Gasteiger partial charge in [0.1, 0.15) is 5.75 Å². The number of carbonyl (C=O) groups is 2. The molecule has 2 N–H and O–H groups in total. The highest BCUT2D eigenvalue weighted by molar-refractivity contribution is 5.99. The van der Waals surface area contributed by atoms with E-state index in [-0.39, 0.29) is 30.9 Å². The van der Waals surface area contributed by atoms with Crippen molar-refractivity contribution in [2.24, 2.45) is 0 Å². The van der Waals surface area contributed by atoms with Crippen LogP contribution in [0.25, 0.3) is 0 Å². The highest BCUT2D eigenvalue weighted by Crippen LogP contribution is 2.31. The zero-order chi connectivity index (χ0) is 18.8. The molecule has 1 aromatic heterocycles. The molecule has 2 aromatic rings. The molecule has 142 valence electrons. The lowest BCUT2D eigenvalue weighted by molar-refractivity contribution is -0.118. The van der Waals surface area contributed by atoms with Crippen LogP contribution in [0.1, 0.15) is 34.8 Å². The summed E-state index contributed by atoms with van der Waals surface area (Å²) in [5.41, 5.74) is 2.10. The van der Waals surface area contributed by atoms with Gasteiger partial charge in [0.25, 0.3) is 11.8 Å². The Morgan fingerprint density at radius 1 is 1.37 bits per heavy atom. The number of carbonyl (C=O) groups excluding carboxylic acids is 2. The van der Waals surface area contributed by atoms with E-state index in [4.69, 9.17) is 9.84 Å². The Labute approximate surface area is 156 Å². The Morgan fingerprint density at radius 2 is 2.26 bits per heavy atom. The number of aromatic nitrogens is 2. The number of fused-ring (bicyclic) bond motifs is 1. The second-order valence-corrected chi connectivity index (χ2v) is 6.87. The smallest absolute Gasteiger partial charge is 0.262 e. The van der Waals surface area contributed by atoms with Crippen molar-refractivity contribution in [1.82, 2.24) is 14.7 Å².